The predicted octanol–water partition coefficient (Wildman–Crippen LogP) is 2.67. The van der Waals surface area contributed by atoms with Gasteiger partial charge in [0.1, 0.15) is 0 Å². The summed E-state index contributed by atoms with van der Waals surface area (Å²) in [6.07, 6.45) is 0. The molecule has 0 radical (unpaired) electrons. The van der Waals surface area contributed by atoms with Gasteiger partial charge in [0.2, 0.25) is 15.9 Å². The number of amides is 1. The molecule has 0 atom stereocenters. The normalized spacial score (nSPS) is 16.9. The second kappa shape index (κ2) is 7.68. The summed E-state index contributed by atoms with van der Waals surface area (Å²) in [5, 5.41) is 0. The number of aryl methyl sites for hydroxylation is 2. The van der Waals surface area contributed by atoms with Gasteiger partial charge in [-0.15, -0.1) is 11.8 Å². The van der Waals surface area contributed by atoms with Crippen LogP contribution in [0.4, 0.5) is 0 Å². The highest BCUT2D eigenvalue weighted by atomic mass is 32.2. The molecule has 0 aliphatic carbocycles. The third-order valence-electron chi connectivity index (χ3n) is 4.34. The second-order valence-electron chi connectivity index (χ2n) is 7.43. The van der Waals surface area contributed by atoms with Crippen molar-refractivity contribution in [3.8, 4) is 0 Å². The molecule has 0 bridgehead atoms. The van der Waals surface area contributed by atoms with E-state index in [9.17, 15) is 13.2 Å². The van der Waals surface area contributed by atoms with Gasteiger partial charge in [-0.3, -0.25) is 4.79 Å². The van der Waals surface area contributed by atoms with Crippen LogP contribution in [0, 0.1) is 13.8 Å². The molecule has 0 spiro atoms. The molecule has 1 aliphatic rings. The van der Waals surface area contributed by atoms with E-state index in [0.717, 1.165) is 11.1 Å². The average Bonchev–Trinajstić information content (AvgIpc) is 2.54. The first-order chi connectivity index (χ1) is 11.5. The molecule has 25 heavy (non-hydrogen) atoms. The first-order valence-corrected chi connectivity index (χ1v) is 10.9. The number of hydrogen-bond donors (Lipinski definition) is 0. The lowest BCUT2D eigenvalue weighted by atomic mass is 10.1. The summed E-state index contributed by atoms with van der Waals surface area (Å²) in [5.74, 6) is 0.524. The zero-order chi connectivity index (χ0) is 18.8. The monoisotopic (exact) mass is 384 g/mol. The smallest absolute Gasteiger partial charge is 0.243 e. The Morgan fingerprint density at radius 1 is 1.08 bits per heavy atom. The number of hydrogen-bond acceptors (Lipinski definition) is 4. The second-order valence-corrected chi connectivity index (χ2v) is 11.2. The maximum Gasteiger partial charge on any atom is 0.243 e. The Morgan fingerprint density at radius 3 is 2.20 bits per heavy atom. The molecule has 1 amide bonds. The fourth-order valence-electron chi connectivity index (χ4n) is 2.57. The minimum absolute atomic E-state index is 0.0458. The number of nitrogens with zero attached hydrogens (tertiary/aromatic N) is 2. The number of thioether (sulfide) groups is 1. The van der Waals surface area contributed by atoms with Crippen LogP contribution in [0.25, 0.3) is 0 Å². The van der Waals surface area contributed by atoms with Crippen molar-refractivity contribution < 1.29 is 13.2 Å². The van der Waals surface area contributed by atoms with Gasteiger partial charge >= 0.3 is 0 Å². The van der Waals surface area contributed by atoms with Crippen LogP contribution in [0.2, 0.25) is 0 Å². The summed E-state index contributed by atoms with van der Waals surface area (Å²) in [4.78, 5) is 14.4. The van der Waals surface area contributed by atoms with Crippen LogP contribution in [0.5, 0.6) is 0 Å². The van der Waals surface area contributed by atoms with E-state index >= 15 is 0 Å². The van der Waals surface area contributed by atoms with Crippen molar-refractivity contribution in [2.75, 3.05) is 31.9 Å². The first-order valence-electron chi connectivity index (χ1n) is 8.50. The SMILES string of the molecule is Cc1ccc(S(=O)(=O)N2CCN(C(=O)CSC(C)(C)C)CC2)cc1C. The predicted molar refractivity (Wildman–Crippen MR) is 103 cm³/mol. The molecular weight excluding hydrogens is 356 g/mol. The van der Waals surface area contributed by atoms with Gasteiger partial charge in [-0.2, -0.15) is 4.31 Å². The number of piperazine rings is 1. The van der Waals surface area contributed by atoms with Crippen LogP contribution < -0.4 is 0 Å². The lowest BCUT2D eigenvalue weighted by Crippen LogP contribution is -2.51. The van der Waals surface area contributed by atoms with E-state index in [0.29, 0.717) is 36.8 Å². The molecule has 1 saturated heterocycles. The maximum absolute atomic E-state index is 12.8. The highest BCUT2D eigenvalue weighted by Gasteiger charge is 2.30. The van der Waals surface area contributed by atoms with Gasteiger partial charge in [0.25, 0.3) is 0 Å². The number of rotatable bonds is 4. The Morgan fingerprint density at radius 2 is 1.68 bits per heavy atom. The summed E-state index contributed by atoms with van der Waals surface area (Å²) >= 11 is 1.62. The van der Waals surface area contributed by atoms with E-state index < -0.39 is 10.0 Å². The summed E-state index contributed by atoms with van der Waals surface area (Å²) in [5.41, 5.74) is 2.04. The van der Waals surface area contributed by atoms with Crippen LogP contribution in [0.3, 0.4) is 0 Å². The number of carbonyl (C=O) groups is 1. The average molecular weight is 385 g/mol. The Hall–Kier alpha value is -1.05. The van der Waals surface area contributed by atoms with E-state index in [1.165, 1.54) is 4.31 Å². The van der Waals surface area contributed by atoms with Gasteiger partial charge in [0, 0.05) is 30.9 Å². The molecule has 0 unspecified atom stereocenters. The molecular formula is C18H28N2O3S2. The minimum Gasteiger partial charge on any atom is -0.339 e. The summed E-state index contributed by atoms with van der Waals surface area (Å²) in [6, 6.07) is 5.23. The number of carbonyl (C=O) groups excluding carboxylic acids is 1. The lowest BCUT2D eigenvalue weighted by molar-refractivity contribution is -0.129. The molecule has 1 fully saturated rings. The van der Waals surface area contributed by atoms with Crippen LogP contribution in [0.1, 0.15) is 31.9 Å². The fourth-order valence-corrected chi connectivity index (χ4v) is 4.82. The van der Waals surface area contributed by atoms with Crippen molar-refractivity contribution >= 4 is 27.7 Å². The van der Waals surface area contributed by atoms with Crippen molar-refractivity contribution in [1.29, 1.82) is 0 Å². The van der Waals surface area contributed by atoms with E-state index in [1.54, 1.807) is 28.8 Å². The van der Waals surface area contributed by atoms with Gasteiger partial charge in [0.05, 0.1) is 10.6 Å². The third kappa shape index (κ3) is 5.21. The number of benzene rings is 1. The van der Waals surface area contributed by atoms with E-state index in [2.05, 4.69) is 20.8 Å². The standard InChI is InChI=1S/C18H28N2O3S2/c1-14-6-7-16(12-15(14)2)25(22,23)20-10-8-19(9-11-20)17(21)13-24-18(3,4)5/h6-7,12H,8-11,13H2,1-5H3. The van der Waals surface area contributed by atoms with Crippen LogP contribution >= 0.6 is 11.8 Å². The summed E-state index contributed by atoms with van der Waals surface area (Å²) in [7, 11) is -3.50. The molecule has 5 nitrogen and oxygen atoms in total. The van der Waals surface area contributed by atoms with Crippen molar-refractivity contribution in [2.45, 2.75) is 44.3 Å². The first kappa shape index (κ1) is 20.3. The molecule has 1 aliphatic heterocycles. The van der Waals surface area contributed by atoms with E-state index in [1.807, 2.05) is 19.9 Å². The Kier molecular flexibility index (Phi) is 6.22. The lowest BCUT2D eigenvalue weighted by Gasteiger charge is -2.34. The molecule has 0 N–H and O–H groups in total. The quantitative estimate of drug-likeness (QED) is 0.801. The molecule has 1 aromatic carbocycles. The van der Waals surface area contributed by atoms with Gasteiger partial charge in [-0.05, 0) is 37.1 Å². The van der Waals surface area contributed by atoms with Crippen LogP contribution in [-0.2, 0) is 14.8 Å². The van der Waals surface area contributed by atoms with Crippen molar-refractivity contribution in [2.24, 2.45) is 0 Å². The van der Waals surface area contributed by atoms with E-state index in [4.69, 9.17) is 0 Å². The molecule has 0 aromatic heterocycles. The van der Waals surface area contributed by atoms with Gasteiger partial charge in [0.15, 0.2) is 0 Å². The largest absolute Gasteiger partial charge is 0.339 e. The Bertz CT molecular complexity index is 731. The molecule has 140 valence electrons. The van der Waals surface area contributed by atoms with Gasteiger partial charge in [-0.1, -0.05) is 26.8 Å². The minimum atomic E-state index is -3.50. The summed E-state index contributed by atoms with van der Waals surface area (Å²) in [6.45, 7) is 11.7. The Balaban J connectivity index is 1.99. The van der Waals surface area contributed by atoms with Crippen LogP contribution in [-0.4, -0.2) is 60.2 Å². The molecule has 1 aromatic rings. The molecule has 1 heterocycles. The zero-order valence-electron chi connectivity index (χ0n) is 15.7. The molecule has 7 heteroatoms. The van der Waals surface area contributed by atoms with E-state index in [-0.39, 0.29) is 10.7 Å². The van der Waals surface area contributed by atoms with Crippen molar-refractivity contribution in [3.63, 3.8) is 0 Å². The highest BCUT2D eigenvalue weighted by molar-refractivity contribution is 8.01. The number of sulfonamides is 1. The topological polar surface area (TPSA) is 57.7 Å². The Labute approximate surface area is 155 Å². The summed E-state index contributed by atoms with van der Waals surface area (Å²) < 4.78 is 27.1. The van der Waals surface area contributed by atoms with Gasteiger partial charge in [-0.25, -0.2) is 8.42 Å². The zero-order valence-corrected chi connectivity index (χ0v) is 17.3. The maximum atomic E-state index is 12.8. The molecule has 0 saturated carbocycles. The third-order valence-corrected chi connectivity index (χ3v) is 7.49. The van der Waals surface area contributed by atoms with Crippen LogP contribution in [0.15, 0.2) is 23.1 Å². The van der Waals surface area contributed by atoms with Crippen molar-refractivity contribution in [3.05, 3.63) is 29.3 Å². The fraction of sp³-hybridized carbons (Fsp3) is 0.611. The van der Waals surface area contributed by atoms with Crippen molar-refractivity contribution in [1.82, 2.24) is 9.21 Å². The molecule has 2 rings (SSSR count). The van der Waals surface area contributed by atoms with Gasteiger partial charge < -0.3 is 4.90 Å². The highest BCUT2D eigenvalue weighted by Crippen LogP contribution is 2.24.